The van der Waals surface area contributed by atoms with Gasteiger partial charge in [-0.05, 0) is 41.5 Å². The van der Waals surface area contributed by atoms with E-state index >= 15 is 0 Å². The number of carbonyl (C=O) groups excluding carboxylic acids is 1. The molecule has 39 heavy (non-hydrogen) atoms. The number of hydrogen-bond acceptors (Lipinski definition) is 8. The Bertz CT molecular complexity index is 1510. The Hall–Kier alpha value is -4.52. The van der Waals surface area contributed by atoms with Crippen molar-refractivity contribution in [3.63, 3.8) is 0 Å². The summed E-state index contributed by atoms with van der Waals surface area (Å²) in [5, 5.41) is 8.20. The van der Waals surface area contributed by atoms with Crippen molar-refractivity contribution in [2.75, 3.05) is 26.3 Å². The third kappa shape index (κ3) is 6.68. The van der Waals surface area contributed by atoms with Crippen LogP contribution in [0, 0.1) is 0 Å². The molecule has 1 fully saturated rings. The van der Waals surface area contributed by atoms with E-state index in [1.54, 1.807) is 4.90 Å². The number of carbonyl (C=O) groups is 1. The first-order chi connectivity index (χ1) is 18.7. The molecule has 3 heterocycles. The number of benzene rings is 2. The summed E-state index contributed by atoms with van der Waals surface area (Å²) in [7, 11) is 0. The van der Waals surface area contributed by atoms with E-state index in [1.165, 1.54) is 28.9 Å². The van der Waals surface area contributed by atoms with Gasteiger partial charge in [-0.3, -0.25) is 9.59 Å². The average Bonchev–Trinajstić information content (AvgIpc) is 3.41. The third-order valence-corrected chi connectivity index (χ3v) is 5.90. The molecule has 1 aliphatic heterocycles. The summed E-state index contributed by atoms with van der Waals surface area (Å²) >= 11 is 0. The molecule has 0 unspecified atom stereocenters. The van der Waals surface area contributed by atoms with Crippen LogP contribution in [0.25, 0.3) is 23.0 Å². The van der Waals surface area contributed by atoms with E-state index < -0.39 is 6.36 Å². The molecule has 0 atom stereocenters. The number of hydrogen-bond donors (Lipinski definition) is 0. The Balaban J connectivity index is 1.29. The van der Waals surface area contributed by atoms with E-state index in [9.17, 15) is 22.8 Å². The predicted octanol–water partition coefficient (Wildman–Crippen LogP) is 3.31. The highest BCUT2D eigenvalue weighted by molar-refractivity contribution is 5.78. The zero-order valence-electron chi connectivity index (χ0n) is 20.4. The Morgan fingerprint density at radius 2 is 1.74 bits per heavy atom. The smallest absolute Gasteiger partial charge is 0.406 e. The minimum Gasteiger partial charge on any atom is -0.406 e. The number of aromatic nitrogens is 4. The van der Waals surface area contributed by atoms with E-state index in [-0.39, 0.29) is 47.6 Å². The molecule has 0 bridgehead atoms. The normalized spacial score (nSPS) is 13.9. The van der Waals surface area contributed by atoms with Gasteiger partial charge in [0.05, 0.1) is 26.2 Å². The Morgan fingerprint density at radius 3 is 2.49 bits per heavy atom. The zero-order valence-corrected chi connectivity index (χ0v) is 20.4. The fourth-order valence-corrected chi connectivity index (χ4v) is 4.04. The van der Waals surface area contributed by atoms with E-state index in [4.69, 9.17) is 9.26 Å². The van der Waals surface area contributed by atoms with Gasteiger partial charge in [0, 0.05) is 24.7 Å². The van der Waals surface area contributed by atoms with Crippen LogP contribution < -0.4 is 10.3 Å². The fourth-order valence-electron chi connectivity index (χ4n) is 4.04. The number of ether oxygens (including phenoxy) is 2. The second-order valence-electron chi connectivity index (χ2n) is 8.70. The van der Waals surface area contributed by atoms with Crippen molar-refractivity contribution in [1.82, 2.24) is 24.8 Å². The van der Waals surface area contributed by atoms with Crippen LogP contribution in [0.1, 0.15) is 11.1 Å². The van der Waals surface area contributed by atoms with Crippen LogP contribution in [0.4, 0.5) is 13.2 Å². The summed E-state index contributed by atoms with van der Waals surface area (Å²) in [5.74, 6) is -0.208. The van der Waals surface area contributed by atoms with Gasteiger partial charge in [0.1, 0.15) is 11.4 Å². The molecule has 13 heteroatoms. The molecule has 0 radical (unpaired) electrons. The number of morpholine rings is 1. The van der Waals surface area contributed by atoms with Gasteiger partial charge in [-0.15, -0.1) is 13.2 Å². The van der Waals surface area contributed by atoms with Gasteiger partial charge >= 0.3 is 6.36 Å². The van der Waals surface area contributed by atoms with Crippen LogP contribution in [0.3, 0.4) is 0 Å². The topological polar surface area (TPSA) is 113 Å². The van der Waals surface area contributed by atoms with Crippen LogP contribution >= 0.6 is 0 Å². The van der Waals surface area contributed by atoms with Gasteiger partial charge in [-0.25, -0.2) is 4.68 Å². The highest BCUT2D eigenvalue weighted by atomic mass is 19.4. The maximum absolute atomic E-state index is 12.6. The first-order valence-electron chi connectivity index (χ1n) is 12.0. The van der Waals surface area contributed by atoms with Gasteiger partial charge in [0.2, 0.25) is 11.7 Å². The molecule has 5 rings (SSSR count). The van der Waals surface area contributed by atoms with Crippen LogP contribution in [0.5, 0.6) is 5.75 Å². The fraction of sp³-hybridized carbons (Fsp3) is 0.269. The predicted molar refractivity (Wildman–Crippen MR) is 131 cm³/mol. The maximum atomic E-state index is 12.6. The van der Waals surface area contributed by atoms with E-state index in [0.717, 1.165) is 23.3 Å². The first kappa shape index (κ1) is 26.1. The van der Waals surface area contributed by atoms with Crippen molar-refractivity contribution >= 4 is 5.91 Å². The van der Waals surface area contributed by atoms with Gasteiger partial charge in [0.15, 0.2) is 0 Å². The van der Waals surface area contributed by atoms with Gasteiger partial charge in [-0.1, -0.05) is 29.4 Å². The molecule has 1 saturated heterocycles. The molecule has 0 saturated carbocycles. The van der Waals surface area contributed by atoms with Crippen LogP contribution in [-0.4, -0.2) is 63.4 Å². The molecule has 2 aromatic heterocycles. The number of alkyl halides is 3. The maximum Gasteiger partial charge on any atom is 0.573 e. The SMILES string of the molecule is O=C(Cc1cccc(Cn2nc(-c3nc(-c4ccc(OC(F)(F)F)cc4)no3)ccc2=O)c1)N1CCOCC1. The molecule has 10 nitrogen and oxygen atoms in total. The highest BCUT2D eigenvalue weighted by Crippen LogP contribution is 2.26. The average molecular weight is 541 g/mol. The number of nitrogens with zero attached hydrogens (tertiary/aromatic N) is 5. The lowest BCUT2D eigenvalue weighted by Gasteiger charge is -2.26. The van der Waals surface area contributed by atoms with Crippen molar-refractivity contribution in [2.24, 2.45) is 0 Å². The summed E-state index contributed by atoms with van der Waals surface area (Å²) in [6.45, 7) is 2.34. The first-order valence-corrected chi connectivity index (χ1v) is 12.0. The molecule has 0 aliphatic carbocycles. The third-order valence-electron chi connectivity index (χ3n) is 5.90. The van der Waals surface area contributed by atoms with Crippen molar-refractivity contribution in [2.45, 2.75) is 19.3 Å². The molecule has 202 valence electrons. The molecule has 1 aliphatic rings. The van der Waals surface area contributed by atoms with E-state index in [2.05, 4.69) is 20.0 Å². The number of amides is 1. The standard InChI is InChI=1S/C26H22F3N5O5/c27-26(28,29)38-20-6-4-19(5-7-20)24-30-25(39-32-24)21-8-9-22(35)34(31-21)16-18-3-1-2-17(14-18)15-23(36)33-10-12-37-13-11-33/h1-9,14H,10-13,15-16H2. The molecule has 2 aromatic carbocycles. The Labute approximate surface area is 219 Å². The summed E-state index contributed by atoms with van der Waals surface area (Å²) in [5.41, 5.74) is 1.89. The molecule has 4 aromatic rings. The lowest BCUT2D eigenvalue weighted by atomic mass is 10.1. The van der Waals surface area contributed by atoms with Gasteiger partial charge in [-0.2, -0.15) is 10.1 Å². The van der Waals surface area contributed by atoms with Crippen LogP contribution in [0.15, 0.2) is 70.0 Å². The largest absolute Gasteiger partial charge is 0.573 e. The van der Waals surface area contributed by atoms with E-state index in [0.29, 0.717) is 31.9 Å². The van der Waals surface area contributed by atoms with Gasteiger partial charge < -0.3 is 18.9 Å². The number of halogens is 3. The monoisotopic (exact) mass is 541 g/mol. The minimum atomic E-state index is -4.79. The lowest BCUT2D eigenvalue weighted by Crippen LogP contribution is -2.41. The lowest BCUT2D eigenvalue weighted by molar-refractivity contribution is -0.274. The zero-order chi connectivity index (χ0) is 27.4. The van der Waals surface area contributed by atoms with E-state index in [1.807, 2.05) is 24.3 Å². The summed E-state index contributed by atoms with van der Waals surface area (Å²) < 4.78 is 52.8. The summed E-state index contributed by atoms with van der Waals surface area (Å²) in [4.78, 5) is 31.1. The Morgan fingerprint density at radius 1 is 1.00 bits per heavy atom. The Kier molecular flexibility index (Phi) is 7.41. The number of rotatable bonds is 7. The molecule has 0 spiro atoms. The molecular weight excluding hydrogens is 519 g/mol. The van der Waals surface area contributed by atoms with Crippen molar-refractivity contribution in [3.05, 3.63) is 82.1 Å². The summed E-state index contributed by atoms with van der Waals surface area (Å²) in [6, 6.07) is 15.1. The second kappa shape index (κ2) is 11.1. The second-order valence-corrected chi connectivity index (χ2v) is 8.70. The van der Waals surface area contributed by atoms with Crippen molar-refractivity contribution in [1.29, 1.82) is 0 Å². The minimum absolute atomic E-state index is 0.0162. The van der Waals surface area contributed by atoms with Crippen LogP contribution in [0.2, 0.25) is 0 Å². The molecular formula is C26H22F3N5O5. The van der Waals surface area contributed by atoms with Crippen molar-refractivity contribution in [3.8, 4) is 28.7 Å². The quantitative estimate of drug-likeness (QED) is 0.350. The highest BCUT2D eigenvalue weighted by Gasteiger charge is 2.31. The van der Waals surface area contributed by atoms with Crippen LogP contribution in [-0.2, 0) is 22.5 Å². The molecule has 0 N–H and O–H groups in total. The molecule has 1 amide bonds. The van der Waals surface area contributed by atoms with Crippen molar-refractivity contribution < 1.29 is 32.0 Å². The summed E-state index contributed by atoms with van der Waals surface area (Å²) in [6.07, 6.45) is -4.55. The van der Waals surface area contributed by atoms with Gasteiger partial charge in [0.25, 0.3) is 11.4 Å².